The van der Waals surface area contributed by atoms with Crippen molar-refractivity contribution in [1.29, 1.82) is 0 Å². The number of benzene rings is 3. The Hall–Kier alpha value is -3.51. The Morgan fingerprint density at radius 2 is 1.47 bits per heavy atom. The second-order valence-corrected chi connectivity index (χ2v) is 9.03. The molecule has 0 spiro atoms. The predicted molar refractivity (Wildman–Crippen MR) is 129 cm³/mol. The van der Waals surface area contributed by atoms with Gasteiger partial charge in [0.2, 0.25) is 0 Å². The summed E-state index contributed by atoms with van der Waals surface area (Å²) in [5, 5.41) is 1.02. The first-order chi connectivity index (χ1) is 15.6. The third kappa shape index (κ3) is 4.01. The van der Waals surface area contributed by atoms with Crippen molar-refractivity contribution in [2.75, 3.05) is 31.1 Å². The Bertz CT molecular complexity index is 1270. The van der Waals surface area contributed by atoms with Crippen molar-refractivity contribution in [3.63, 3.8) is 0 Å². The van der Waals surface area contributed by atoms with Crippen LogP contribution in [0.2, 0.25) is 0 Å². The van der Waals surface area contributed by atoms with Crippen LogP contribution in [0.5, 0.6) is 0 Å². The number of piperazine rings is 1. The lowest BCUT2D eigenvalue weighted by molar-refractivity contribution is 0.0746. The first-order valence-electron chi connectivity index (χ1n) is 10.7. The van der Waals surface area contributed by atoms with E-state index in [0.717, 1.165) is 23.7 Å². The molecule has 6 heteroatoms. The molecule has 1 fully saturated rings. The van der Waals surface area contributed by atoms with Crippen LogP contribution in [0.1, 0.15) is 31.8 Å². The van der Waals surface area contributed by atoms with Crippen LogP contribution >= 0.6 is 11.3 Å². The number of carbonyl (C=O) groups excluding carboxylic acids is 2. The molecule has 0 N–H and O–H groups in total. The maximum absolute atomic E-state index is 13.0. The minimum Gasteiger partial charge on any atom is -0.345 e. The molecule has 0 radical (unpaired) electrons. The van der Waals surface area contributed by atoms with Gasteiger partial charge in [0.1, 0.15) is 0 Å². The molecule has 160 valence electrons. The van der Waals surface area contributed by atoms with E-state index in [1.807, 2.05) is 23.1 Å². The first-order valence-corrected chi connectivity index (χ1v) is 11.5. The fraction of sp³-hybridized carbons (Fsp3) is 0.192. The van der Waals surface area contributed by atoms with E-state index in [4.69, 9.17) is 4.98 Å². The van der Waals surface area contributed by atoms with Crippen LogP contribution in [-0.4, -0.2) is 47.8 Å². The number of amides is 1. The van der Waals surface area contributed by atoms with Gasteiger partial charge in [-0.25, -0.2) is 4.98 Å². The largest absolute Gasteiger partial charge is 0.345 e. The summed E-state index contributed by atoms with van der Waals surface area (Å²) in [6.45, 7) is 4.91. The molecule has 4 aromatic rings. The third-order valence-corrected chi connectivity index (χ3v) is 6.88. The van der Waals surface area contributed by atoms with Crippen LogP contribution in [0.15, 0.2) is 72.8 Å². The van der Waals surface area contributed by atoms with Crippen LogP contribution < -0.4 is 4.90 Å². The van der Waals surface area contributed by atoms with Crippen LogP contribution in [0, 0.1) is 6.92 Å². The van der Waals surface area contributed by atoms with Crippen molar-refractivity contribution in [1.82, 2.24) is 9.88 Å². The quantitative estimate of drug-likeness (QED) is 0.427. The predicted octanol–water partition coefficient (Wildman–Crippen LogP) is 4.80. The van der Waals surface area contributed by atoms with Crippen LogP contribution in [0.4, 0.5) is 5.13 Å². The normalized spacial score (nSPS) is 14.0. The summed E-state index contributed by atoms with van der Waals surface area (Å²) < 4.78 is 1.20. The van der Waals surface area contributed by atoms with E-state index in [0.29, 0.717) is 29.8 Å². The Morgan fingerprint density at radius 3 is 2.19 bits per heavy atom. The van der Waals surface area contributed by atoms with Crippen LogP contribution in [-0.2, 0) is 0 Å². The molecular formula is C26H23N3O2S. The second-order valence-electron chi connectivity index (χ2n) is 8.02. The molecule has 2 heterocycles. The Morgan fingerprint density at radius 1 is 0.812 bits per heavy atom. The fourth-order valence-corrected chi connectivity index (χ4v) is 5.07. The number of rotatable bonds is 4. The van der Waals surface area contributed by atoms with Gasteiger partial charge in [0.25, 0.3) is 5.91 Å². The summed E-state index contributed by atoms with van der Waals surface area (Å²) in [4.78, 5) is 34.5. The molecule has 32 heavy (non-hydrogen) atoms. The highest BCUT2D eigenvalue weighted by molar-refractivity contribution is 7.22. The smallest absolute Gasteiger partial charge is 0.253 e. The van der Waals surface area contributed by atoms with E-state index in [9.17, 15) is 9.59 Å². The monoisotopic (exact) mass is 441 g/mol. The summed E-state index contributed by atoms with van der Waals surface area (Å²) in [5.41, 5.74) is 4.11. The molecule has 5 rings (SSSR count). The number of thiazole rings is 1. The van der Waals surface area contributed by atoms with E-state index >= 15 is 0 Å². The third-order valence-electron chi connectivity index (χ3n) is 5.80. The highest BCUT2D eigenvalue weighted by atomic mass is 32.1. The van der Waals surface area contributed by atoms with Crippen LogP contribution in [0.25, 0.3) is 10.2 Å². The van der Waals surface area contributed by atoms with Gasteiger partial charge in [-0.3, -0.25) is 9.59 Å². The Kier molecular flexibility index (Phi) is 5.45. The summed E-state index contributed by atoms with van der Waals surface area (Å²) in [5.74, 6) is -0.0347. The van der Waals surface area contributed by atoms with E-state index in [2.05, 4.69) is 30.0 Å². The highest BCUT2D eigenvalue weighted by Crippen LogP contribution is 2.30. The number of aromatic nitrogens is 1. The van der Waals surface area contributed by atoms with Gasteiger partial charge in [0.15, 0.2) is 10.9 Å². The lowest BCUT2D eigenvalue weighted by Gasteiger charge is -2.34. The van der Waals surface area contributed by atoms with Crippen molar-refractivity contribution < 1.29 is 9.59 Å². The highest BCUT2D eigenvalue weighted by Gasteiger charge is 2.24. The van der Waals surface area contributed by atoms with Gasteiger partial charge in [-0.2, -0.15) is 0 Å². The van der Waals surface area contributed by atoms with Gasteiger partial charge in [0, 0.05) is 42.9 Å². The molecule has 0 atom stereocenters. The van der Waals surface area contributed by atoms with Gasteiger partial charge in [-0.1, -0.05) is 59.9 Å². The lowest BCUT2D eigenvalue weighted by Crippen LogP contribution is -2.48. The number of carbonyl (C=O) groups is 2. The molecule has 1 aromatic heterocycles. The molecule has 1 saturated heterocycles. The molecule has 0 aliphatic carbocycles. The average molecular weight is 442 g/mol. The number of fused-ring (bicyclic) bond motifs is 1. The van der Waals surface area contributed by atoms with Gasteiger partial charge in [-0.15, -0.1) is 0 Å². The van der Waals surface area contributed by atoms with E-state index < -0.39 is 0 Å². The van der Waals surface area contributed by atoms with Gasteiger partial charge < -0.3 is 9.80 Å². The molecule has 3 aromatic carbocycles. The molecule has 1 aliphatic rings. The standard InChI is InChI=1S/C26H23N3O2S/c1-18-7-12-22-23(17-18)32-26(27-22)29-15-13-28(14-16-29)25(31)21-10-8-20(9-11-21)24(30)19-5-3-2-4-6-19/h2-12,17H,13-16H2,1H3. The van der Waals surface area contributed by atoms with Gasteiger partial charge in [-0.05, 0) is 36.8 Å². The van der Waals surface area contributed by atoms with Crippen LogP contribution in [0.3, 0.4) is 0 Å². The number of hydrogen-bond donors (Lipinski definition) is 0. The first kappa shape index (κ1) is 20.4. The van der Waals surface area contributed by atoms with Gasteiger partial charge in [0.05, 0.1) is 10.2 Å². The molecular weight excluding hydrogens is 418 g/mol. The molecule has 1 amide bonds. The molecule has 1 aliphatic heterocycles. The minimum atomic E-state index is -0.0377. The zero-order valence-corrected chi connectivity index (χ0v) is 18.6. The molecule has 0 bridgehead atoms. The average Bonchev–Trinajstić information content (AvgIpc) is 3.27. The summed E-state index contributed by atoms with van der Waals surface area (Å²) >= 11 is 1.71. The molecule has 0 saturated carbocycles. The van der Waals surface area contributed by atoms with Crippen molar-refractivity contribution in [2.45, 2.75) is 6.92 Å². The zero-order chi connectivity index (χ0) is 22.1. The fourth-order valence-electron chi connectivity index (χ4n) is 3.96. The number of ketones is 1. The SMILES string of the molecule is Cc1ccc2nc(N3CCN(C(=O)c4ccc(C(=O)c5ccccc5)cc4)CC3)sc2c1. The van der Waals surface area contributed by atoms with E-state index in [1.54, 1.807) is 47.7 Å². The topological polar surface area (TPSA) is 53.5 Å². The number of aryl methyl sites for hydroxylation is 1. The van der Waals surface area contributed by atoms with Crippen molar-refractivity contribution in [2.24, 2.45) is 0 Å². The summed E-state index contributed by atoms with van der Waals surface area (Å²) in [7, 11) is 0. The number of nitrogens with zero attached hydrogens (tertiary/aromatic N) is 3. The number of anilines is 1. The van der Waals surface area contributed by atoms with Crippen molar-refractivity contribution >= 4 is 38.4 Å². The Labute approximate surface area is 190 Å². The summed E-state index contributed by atoms with van der Waals surface area (Å²) in [6, 6.07) is 22.5. The molecule has 5 nitrogen and oxygen atoms in total. The minimum absolute atomic E-state index is 0.00304. The number of hydrogen-bond acceptors (Lipinski definition) is 5. The van der Waals surface area contributed by atoms with Crippen molar-refractivity contribution in [3.05, 3.63) is 95.1 Å². The molecule has 0 unspecified atom stereocenters. The maximum atomic E-state index is 13.0. The maximum Gasteiger partial charge on any atom is 0.253 e. The van der Waals surface area contributed by atoms with Gasteiger partial charge >= 0.3 is 0 Å². The summed E-state index contributed by atoms with van der Waals surface area (Å²) in [6.07, 6.45) is 0. The Balaban J connectivity index is 1.23. The second kappa shape index (κ2) is 8.55. The van der Waals surface area contributed by atoms with E-state index in [1.165, 1.54) is 10.3 Å². The lowest BCUT2D eigenvalue weighted by atomic mass is 10.0. The van der Waals surface area contributed by atoms with E-state index in [-0.39, 0.29) is 11.7 Å². The van der Waals surface area contributed by atoms with Crippen molar-refractivity contribution in [3.8, 4) is 0 Å². The zero-order valence-electron chi connectivity index (χ0n) is 17.8.